The first-order chi connectivity index (χ1) is 8.83. The first kappa shape index (κ1) is 14.3. The van der Waals surface area contributed by atoms with Crippen molar-refractivity contribution >= 4 is 0 Å². The lowest BCUT2D eigenvalue weighted by molar-refractivity contribution is 0.102. The smallest absolute Gasteiger partial charge is 0.00954 e. The fourth-order valence-corrected chi connectivity index (χ4v) is 3.74. The molecule has 0 amide bonds. The van der Waals surface area contributed by atoms with Gasteiger partial charge in [-0.3, -0.25) is 0 Å². The van der Waals surface area contributed by atoms with Crippen molar-refractivity contribution in [3.05, 3.63) is 0 Å². The van der Waals surface area contributed by atoms with E-state index in [-0.39, 0.29) is 0 Å². The average Bonchev–Trinajstić information content (AvgIpc) is 2.46. The number of piperidine rings is 1. The van der Waals surface area contributed by atoms with Crippen molar-refractivity contribution in [2.45, 2.75) is 77.3 Å². The summed E-state index contributed by atoms with van der Waals surface area (Å²) in [7, 11) is 0. The standard InChI is InChI=1S/C16H32N2/c1-3-11-17-15-9-12-18(13-10-15)16-7-5-14(4-2)6-8-16/h14-17H,3-13H2,1-2H3. The predicted molar refractivity (Wildman–Crippen MR) is 78.9 cm³/mol. The van der Waals surface area contributed by atoms with Gasteiger partial charge in [0.25, 0.3) is 0 Å². The molecule has 106 valence electrons. The van der Waals surface area contributed by atoms with Crippen LogP contribution >= 0.6 is 0 Å². The second kappa shape index (κ2) is 7.49. The minimum absolute atomic E-state index is 0.799. The zero-order chi connectivity index (χ0) is 12.8. The Morgan fingerprint density at radius 1 is 0.944 bits per heavy atom. The lowest BCUT2D eigenvalue weighted by atomic mass is 9.83. The van der Waals surface area contributed by atoms with E-state index in [1.807, 2.05) is 0 Å². The Bertz CT molecular complexity index is 213. The summed E-state index contributed by atoms with van der Waals surface area (Å²) in [5.74, 6) is 1.03. The van der Waals surface area contributed by atoms with E-state index in [9.17, 15) is 0 Å². The van der Waals surface area contributed by atoms with Crippen LogP contribution < -0.4 is 5.32 Å². The summed E-state index contributed by atoms with van der Waals surface area (Å²) in [5, 5.41) is 3.68. The van der Waals surface area contributed by atoms with Gasteiger partial charge >= 0.3 is 0 Å². The molecular weight excluding hydrogens is 220 g/mol. The lowest BCUT2D eigenvalue weighted by Crippen LogP contribution is -2.47. The molecule has 0 atom stereocenters. The molecule has 1 saturated carbocycles. The second-order valence-corrected chi connectivity index (χ2v) is 6.35. The fraction of sp³-hybridized carbons (Fsp3) is 1.00. The summed E-state index contributed by atoms with van der Waals surface area (Å²) in [4.78, 5) is 2.79. The molecule has 2 fully saturated rings. The SMILES string of the molecule is CCCNC1CCN(C2CCC(CC)CC2)CC1. The molecule has 0 aromatic rings. The third-order valence-electron chi connectivity index (χ3n) is 5.12. The van der Waals surface area contributed by atoms with Gasteiger partial charge in [0.2, 0.25) is 0 Å². The van der Waals surface area contributed by atoms with Crippen molar-refractivity contribution in [1.82, 2.24) is 10.2 Å². The Morgan fingerprint density at radius 3 is 2.17 bits per heavy atom. The maximum absolute atomic E-state index is 3.68. The monoisotopic (exact) mass is 252 g/mol. The van der Waals surface area contributed by atoms with Crippen molar-refractivity contribution in [3.8, 4) is 0 Å². The third kappa shape index (κ3) is 3.96. The number of rotatable bonds is 5. The minimum atomic E-state index is 0.799. The number of hydrogen-bond acceptors (Lipinski definition) is 2. The van der Waals surface area contributed by atoms with Gasteiger partial charge in [0.1, 0.15) is 0 Å². The molecule has 2 rings (SSSR count). The molecule has 2 heteroatoms. The third-order valence-corrected chi connectivity index (χ3v) is 5.12. The van der Waals surface area contributed by atoms with E-state index in [0.717, 1.165) is 18.0 Å². The lowest BCUT2D eigenvalue weighted by Gasteiger charge is -2.41. The van der Waals surface area contributed by atoms with E-state index < -0.39 is 0 Å². The summed E-state index contributed by atoms with van der Waals surface area (Å²) < 4.78 is 0. The quantitative estimate of drug-likeness (QED) is 0.806. The summed E-state index contributed by atoms with van der Waals surface area (Å²) in [6.45, 7) is 8.49. The van der Waals surface area contributed by atoms with Crippen molar-refractivity contribution < 1.29 is 0 Å². The Balaban J connectivity index is 1.67. The van der Waals surface area contributed by atoms with Gasteiger partial charge in [-0.25, -0.2) is 0 Å². The van der Waals surface area contributed by atoms with Gasteiger partial charge < -0.3 is 10.2 Å². The first-order valence-electron chi connectivity index (χ1n) is 8.30. The molecule has 0 radical (unpaired) electrons. The first-order valence-corrected chi connectivity index (χ1v) is 8.30. The van der Waals surface area contributed by atoms with Crippen LogP contribution in [0.15, 0.2) is 0 Å². The van der Waals surface area contributed by atoms with Crippen LogP contribution in [0.3, 0.4) is 0 Å². The van der Waals surface area contributed by atoms with E-state index in [0.29, 0.717) is 0 Å². The van der Waals surface area contributed by atoms with Gasteiger partial charge in [-0.2, -0.15) is 0 Å². The molecule has 0 unspecified atom stereocenters. The zero-order valence-corrected chi connectivity index (χ0v) is 12.5. The Labute approximate surface area is 114 Å². The van der Waals surface area contributed by atoms with Crippen molar-refractivity contribution in [3.63, 3.8) is 0 Å². The largest absolute Gasteiger partial charge is 0.314 e. The van der Waals surface area contributed by atoms with Crippen LogP contribution in [0.25, 0.3) is 0 Å². The summed E-state index contributed by atoms with van der Waals surface area (Å²) in [6, 6.07) is 1.72. The van der Waals surface area contributed by atoms with Gasteiger partial charge in [-0.15, -0.1) is 0 Å². The van der Waals surface area contributed by atoms with Crippen LogP contribution in [-0.2, 0) is 0 Å². The van der Waals surface area contributed by atoms with Gasteiger partial charge in [-0.1, -0.05) is 20.3 Å². The zero-order valence-electron chi connectivity index (χ0n) is 12.5. The fourth-order valence-electron chi connectivity index (χ4n) is 3.74. The molecule has 1 aliphatic heterocycles. The Hall–Kier alpha value is -0.0800. The molecule has 2 aliphatic rings. The predicted octanol–water partition coefficient (Wildman–Crippen LogP) is 3.42. The summed E-state index contributed by atoms with van der Waals surface area (Å²) >= 11 is 0. The molecule has 18 heavy (non-hydrogen) atoms. The normalized spacial score (nSPS) is 31.7. The Kier molecular flexibility index (Phi) is 5.97. The molecule has 0 aromatic carbocycles. The van der Waals surface area contributed by atoms with E-state index >= 15 is 0 Å². The van der Waals surface area contributed by atoms with Gasteiger partial charge in [-0.05, 0) is 70.5 Å². The molecule has 1 heterocycles. The van der Waals surface area contributed by atoms with Gasteiger partial charge in [0, 0.05) is 12.1 Å². The second-order valence-electron chi connectivity index (χ2n) is 6.35. The van der Waals surface area contributed by atoms with Crippen LogP contribution in [0, 0.1) is 5.92 Å². The van der Waals surface area contributed by atoms with Gasteiger partial charge in [0.05, 0.1) is 0 Å². The van der Waals surface area contributed by atoms with E-state index in [2.05, 4.69) is 24.1 Å². The van der Waals surface area contributed by atoms with Crippen molar-refractivity contribution in [2.75, 3.05) is 19.6 Å². The number of nitrogens with one attached hydrogen (secondary N) is 1. The highest BCUT2D eigenvalue weighted by Crippen LogP contribution is 2.30. The highest BCUT2D eigenvalue weighted by molar-refractivity contribution is 4.84. The van der Waals surface area contributed by atoms with Gasteiger partial charge in [0.15, 0.2) is 0 Å². The molecular formula is C16H32N2. The van der Waals surface area contributed by atoms with Crippen LogP contribution in [0.1, 0.15) is 65.2 Å². The minimum Gasteiger partial charge on any atom is -0.314 e. The number of nitrogens with zero attached hydrogens (tertiary/aromatic N) is 1. The molecule has 2 nitrogen and oxygen atoms in total. The number of likely N-dealkylation sites (tertiary alicyclic amines) is 1. The molecule has 0 aromatic heterocycles. The van der Waals surface area contributed by atoms with Crippen LogP contribution in [-0.4, -0.2) is 36.6 Å². The van der Waals surface area contributed by atoms with Crippen molar-refractivity contribution in [2.24, 2.45) is 5.92 Å². The molecule has 1 N–H and O–H groups in total. The maximum atomic E-state index is 3.68. The highest BCUT2D eigenvalue weighted by Gasteiger charge is 2.28. The van der Waals surface area contributed by atoms with E-state index in [1.54, 1.807) is 0 Å². The molecule has 1 aliphatic carbocycles. The van der Waals surface area contributed by atoms with E-state index in [4.69, 9.17) is 0 Å². The average molecular weight is 252 g/mol. The van der Waals surface area contributed by atoms with Crippen LogP contribution in [0.4, 0.5) is 0 Å². The number of hydrogen-bond donors (Lipinski definition) is 1. The van der Waals surface area contributed by atoms with E-state index in [1.165, 1.54) is 71.0 Å². The Morgan fingerprint density at radius 2 is 1.61 bits per heavy atom. The topological polar surface area (TPSA) is 15.3 Å². The summed E-state index contributed by atoms with van der Waals surface area (Å²) in [5.41, 5.74) is 0. The summed E-state index contributed by atoms with van der Waals surface area (Å²) in [6.07, 6.45) is 11.3. The highest BCUT2D eigenvalue weighted by atomic mass is 15.2. The van der Waals surface area contributed by atoms with Crippen molar-refractivity contribution in [1.29, 1.82) is 0 Å². The molecule has 1 saturated heterocycles. The van der Waals surface area contributed by atoms with Crippen LogP contribution in [0.2, 0.25) is 0 Å². The van der Waals surface area contributed by atoms with Crippen LogP contribution in [0.5, 0.6) is 0 Å². The maximum Gasteiger partial charge on any atom is 0.00954 e. The molecule has 0 spiro atoms. The molecule has 0 bridgehead atoms.